The summed E-state index contributed by atoms with van der Waals surface area (Å²) in [6, 6.07) is 11.4. The topological polar surface area (TPSA) is 59.2 Å². The Bertz CT molecular complexity index is 642. The molecule has 0 aliphatic heterocycles. The van der Waals surface area contributed by atoms with Crippen LogP contribution in [0.1, 0.15) is 23.8 Å². The van der Waals surface area contributed by atoms with Crippen molar-refractivity contribution in [1.29, 1.82) is 0 Å². The second-order valence-corrected chi connectivity index (χ2v) is 5.11. The molecule has 0 spiro atoms. The number of nitrogens with two attached hydrogens (primary N) is 1. The van der Waals surface area contributed by atoms with E-state index in [0.29, 0.717) is 17.2 Å². The number of carbonyl (C=O) groups is 1. The number of hydrogen-bond donors (Lipinski definition) is 1. The Labute approximate surface area is 123 Å². The summed E-state index contributed by atoms with van der Waals surface area (Å²) in [5.74, 6) is -0.134. The van der Waals surface area contributed by atoms with Gasteiger partial charge in [0.15, 0.2) is 0 Å². The number of benzene rings is 1. The molecule has 1 amide bonds. The summed E-state index contributed by atoms with van der Waals surface area (Å²) in [5, 5.41) is 1.01. The van der Waals surface area contributed by atoms with Crippen LogP contribution in [0, 0.1) is 0 Å². The number of aromatic nitrogens is 1. The van der Waals surface area contributed by atoms with Crippen LogP contribution in [0.2, 0.25) is 0 Å². The van der Waals surface area contributed by atoms with Crippen LogP contribution in [-0.2, 0) is 0 Å². The molecule has 0 saturated heterocycles. The molecule has 2 aromatic rings. The zero-order chi connectivity index (χ0) is 14.5. The van der Waals surface area contributed by atoms with Crippen molar-refractivity contribution < 1.29 is 4.79 Å². The van der Waals surface area contributed by atoms with Crippen LogP contribution in [0.3, 0.4) is 0 Å². The van der Waals surface area contributed by atoms with Crippen molar-refractivity contribution in [2.24, 2.45) is 5.73 Å². The van der Waals surface area contributed by atoms with E-state index in [4.69, 9.17) is 18.0 Å². The molecule has 20 heavy (non-hydrogen) atoms. The van der Waals surface area contributed by atoms with Gasteiger partial charge in [0, 0.05) is 11.9 Å². The lowest BCUT2D eigenvalue weighted by Gasteiger charge is -2.21. The molecule has 0 atom stereocenters. The Kier molecular flexibility index (Phi) is 4.63. The fourth-order valence-corrected chi connectivity index (χ4v) is 2.21. The minimum Gasteiger partial charge on any atom is -0.392 e. The predicted octanol–water partition coefficient (Wildman–Crippen LogP) is 2.37. The fraction of sp³-hybridized carbons (Fsp3) is 0.267. The number of para-hydroxylation sites is 1. The van der Waals surface area contributed by atoms with Crippen molar-refractivity contribution in [3.63, 3.8) is 0 Å². The summed E-state index contributed by atoms with van der Waals surface area (Å²) in [5.41, 5.74) is 6.78. The quantitative estimate of drug-likeness (QED) is 0.858. The van der Waals surface area contributed by atoms with E-state index in [2.05, 4.69) is 4.98 Å². The minimum absolute atomic E-state index is 0.134. The molecule has 2 N–H and O–H groups in total. The smallest absolute Gasteiger partial charge is 0.272 e. The lowest BCUT2D eigenvalue weighted by atomic mass is 10.2. The van der Waals surface area contributed by atoms with Crippen LogP contribution >= 0.6 is 12.2 Å². The second kappa shape index (κ2) is 6.43. The average molecular weight is 287 g/mol. The maximum Gasteiger partial charge on any atom is 0.272 e. The highest BCUT2D eigenvalue weighted by molar-refractivity contribution is 7.80. The first-order chi connectivity index (χ1) is 9.61. The van der Waals surface area contributed by atoms with Crippen molar-refractivity contribution in [3.05, 3.63) is 42.1 Å². The van der Waals surface area contributed by atoms with E-state index >= 15 is 0 Å². The van der Waals surface area contributed by atoms with E-state index in [-0.39, 0.29) is 12.5 Å². The van der Waals surface area contributed by atoms with E-state index in [0.717, 1.165) is 17.3 Å². The Hall–Kier alpha value is -2.01. The van der Waals surface area contributed by atoms with Gasteiger partial charge in [-0.15, -0.1) is 0 Å². The molecule has 1 aromatic carbocycles. The number of thiocarbonyl (C=S) groups is 1. The Morgan fingerprint density at radius 1 is 1.30 bits per heavy atom. The van der Waals surface area contributed by atoms with Gasteiger partial charge in [-0.05, 0) is 18.6 Å². The first-order valence-electron chi connectivity index (χ1n) is 6.55. The van der Waals surface area contributed by atoms with Crippen LogP contribution in [-0.4, -0.2) is 33.9 Å². The molecule has 0 unspecified atom stereocenters. The van der Waals surface area contributed by atoms with Crippen molar-refractivity contribution >= 4 is 34.0 Å². The van der Waals surface area contributed by atoms with Crippen LogP contribution in [0.15, 0.2) is 36.4 Å². The first-order valence-corrected chi connectivity index (χ1v) is 6.96. The molecule has 2 rings (SSSR count). The highest BCUT2D eigenvalue weighted by atomic mass is 32.1. The lowest BCUT2D eigenvalue weighted by Crippen LogP contribution is -2.38. The monoisotopic (exact) mass is 287 g/mol. The lowest BCUT2D eigenvalue weighted by molar-refractivity contribution is 0.0774. The maximum absolute atomic E-state index is 12.5. The van der Waals surface area contributed by atoms with Crippen molar-refractivity contribution in [2.45, 2.75) is 13.3 Å². The number of hydrogen-bond acceptors (Lipinski definition) is 3. The number of rotatable bonds is 5. The van der Waals surface area contributed by atoms with Crippen molar-refractivity contribution in [2.75, 3.05) is 13.1 Å². The number of nitrogens with zero attached hydrogens (tertiary/aromatic N) is 2. The molecule has 0 saturated carbocycles. The third-order valence-electron chi connectivity index (χ3n) is 2.94. The number of carbonyl (C=O) groups excluding carboxylic acids is 1. The highest BCUT2D eigenvalue weighted by Crippen LogP contribution is 2.13. The van der Waals surface area contributed by atoms with Gasteiger partial charge in [0.1, 0.15) is 5.69 Å². The van der Waals surface area contributed by atoms with Crippen molar-refractivity contribution in [3.8, 4) is 0 Å². The molecular formula is C15H17N3OS. The molecule has 0 fully saturated rings. The molecule has 1 aromatic heterocycles. The van der Waals surface area contributed by atoms with Gasteiger partial charge in [-0.2, -0.15) is 0 Å². The average Bonchev–Trinajstić information content (AvgIpc) is 2.45. The predicted molar refractivity (Wildman–Crippen MR) is 84.7 cm³/mol. The van der Waals surface area contributed by atoms with E-state index in [1.807, 2.05) is 37.3 Å². The molecule has 0 radical (unpaired) electrons. The van der Waals surface area contributed by atoms with E-state index < -0.39 is 0 Å². The normalized spacial score (nSPS) is 10.4. The van der Waals surface area contributed by atoms with Crippen LogP contribution in [0.5, 0.6) is 0 Å². The summed E-state index contributed by atoms with van der Waals surface area (Å²) in [6.07, 6.45) is 0.849. The van der Waals surface area contributed by atoms with E-state index in [1.54, 1.807) is 11.0 Å². The number of fused-ring (bicyclic) bond motifs is 1. The number of pyridine rings is 1. The van der Waals surface area contributed by atoms with Crippen LogP contribution < -0.4 is 5.73 Å². The molecule has 5 heteroatoms. The highest BCUT2D eigenvalue weighted by Gasteiger charge is 2.17. The van der Waals surface area contributed by atoms with E-state index in [1.165, 1.54) is 0 Å². The number of amides is 1. The summed E-state index contributed by atoms with van der Waals surface area (Å²) in [7, 11) is 0. The summed E-state index contributed by atoms with van der Waals surface area (Å²) in [6.45, 7) is 2.91. The van der Waals surface area contributed by atoms with Gasteiger partial charge in [-0.3, -0.25) is 4.79 Å². The molecule has 1 heterocycles. The zero-order valence-corrected chi connectivity index (χ0v) is 12.2. The fourth-order valence-electron chi connectivity index (χ4n) is 2.06. The van der Waals surface area contributed by atoms with Gasteiger partial charge in [-0.25, -0.2) is 4.98 Å². The maximum atomic E-state index is 12.5. The van der Waals surface area contributed by atoms with Gasteiger partial charge < -0.3 is 10.6 Å². The molecule has 0 bridgehead atoms. The van der Waals surface area contributed by atoms with Crippen LogP contribution in [0.25, 0.3) is 10.9 Å². The molecule has 4 nitrogen and oxygen atoms in total. The van der Waals surface area contributed by atoms with Gasteiger partial charge >= 0.3 is 0 Å². The Balaban J connectivity index is 2.30. The standard InChI is InChI=1S/C15H17N3OS/c1-2-9-18(10-14(16)20)15(19)13-8-7-11-5-3-4-6-12(11)17-13/h3-8H,2,9-10H2,1H3,(H2,16,20). The largest absolute Gasteiger partial charge is 0.392 e. The Morgan fingerprint density at radius 2 is 2.05 bits per heavy atom. The van der Waals surface area contributed by atoms with Gasteiger partial charge in [-0.1, -0.05) is 43.4 Å². The summed E-state index contributed by atoms with van der Waals surface area (Å²) in [4.78, 5) is 18.8. The van der Waals surface area contributed by atoms with Crippen molar-refractivity contribution in [1.82, 2.24) is 9.88 Å². The molecule has 104 valence electrons. The zero-order valence-electron chi connectivity index (χ0n) is 11.4. The third kappa shape index (κ3) is 3.30. The van der Waals surface area contributed by atoms with Crippen LogP contribution in [0.4, 0.5) is 0 Å². The molecular weight excluding hydrogens is 270 g/mol. The molecule has 0 aliphatic carbocycles. The summed E-state index contributed by atoms with van der Waals surface area (Å²) >= 11 is 4.90. The minimum atomic E-state index is -0.134. The SMILES string of the molecule is CCCN(CC(N)=S)C(=O)c1ccc2ccccc2n1. The van der Waals surface area contributed by atoms with Gasteiger partial charge in [0.2, 0.25) is 0 Å². The third-order valence-corrected chi connectivity index (χ3v) is 3.07. The Morgan fingerprint density at radius 3 is 2.75 bits per heavy atom. The second-order valence-electron chi connectivity index (χ2n) is 4.58. The van der Waals surface area contributed by atoms with Gasteiger partial charge in [0.05, 0.1) is 17.0 Å². The van der Waals surface area contributed by atoms with E-state index in [9.17, 15) is 4.79 Å². The first kappa shape index (κ1) is 14.4. The molecule has 0 aliphatic rings. The van der Waals surface area contributed by atoms with Gasteiger partial charge in [0.25, 0.3) is 5.91 Å². The summed E-state index contributed by atoms with van der Waals surface area (Å²) < 4.78 is 0.